The van der Waals surface area contributed by atoms with E-state index in [0.29, 0.717) is 0 Å². The van der Waals surface area contributed by atoms with Crippen molar-refractivity contribution in [3.63, 3.8) is 0 Å². The van der Waals surface area contributed by atoms with Crippen molar-refractivity contribution in [2.45, 2.75) is 34.1 Å². The van der Waals surface area contributed by atoms with Crippen LogP contribution in [0, 0.1) is 0 Å². The molecule has 0 aliphatic rings. The van der Waals surface area contributed by atoms with Gasteiger partial charge in [0.05, 0.1) is 5.69 Å². The average Bonchev–Trinajstić information content (AvgIpc) is 2.30. The van der Waals surface area contributed by atoms with Crippen molar-refractivity contribution in [2.24, 2.45) is 0 Å². The number of hydrogen-bond donors (Lipinski definition) is 0. The molecule has 1 aromatic rings. The molecular formula is C13H22BrN. The minimum atomic E-state index is 1.04. The van der Waals surface area contributed by atoms with Crippen molar-refractivity contribution in [3.8, 4) is 0 Å². The molecule has 1 nitrogen and oxygen atoms in total. The number of para-hydroxylation sites is 1. The number of hydrogen-bond acceptors (Lipinski definition) is 1. The van der Waals surface area contributed by atoms with E-state index in [4.69, 9.17) is 0 Å². The summed E-state index contributed by atoms with van der Waals surface area (Å²) in [5.41, 5.74) is 2.73. The molecule has 0 aromatic heterocycles. The van der Waals surface area contributed by atoms with Gasteiger partial charge in [-0.25, -0.2) is 0 Å². The third-order valence-electron chi connectivity index (χ3n) is 2.31. The lowest BCUT2D eigenvalue weighted by atomic mass is 10.1. The van der Waals surface area contributed by atoms with Crippen molar-refractivity contribution < 1.29 is 0 Å². The van der Waals surface area contributed by atoms with E-state index in [1.165, 1.54) is 15.7 Å². The Labute approximate surface area is 103 Å². The number of benzene rings is 1. The molecule has 0 unspecified atom stereocenters. The fourth-order valence-electron chi connectivity index (χ4n) is 1.43. The van der Waals surface area contributed by atoms with E-state index in [9.17, 15) is 0 Å². The number of rotatable bonds is 3. The molecule has 0 heterocycles. The monoisotopic (exact) mass is 271 g/mol. The third kappa shape index (κ3) is 3.86. The summed E-state index contributed by atoms with van der Waals surface area (Å²) in [7, 11) is 2.12. The Kier molecular flexibility index (Phi) is 7.49. The molecule has 0 amide bonds. The van der Waals surface area contributed by atoms with Gasteiger partial charge in [-0.2, -0.15) is 0 Å². The van der Waals surface area contributed by atoms with E-state index >= 15 is 0 Å². The van der Waals surface area contributed by atoms with Gasteiger partial charge in [0, 0.05) is 18.1 Å². The van der Waals surface area contributed by atoms with Crippen LogP contribution in [-0.2, 0) is 6.42 Å². The quantitative estimate of drug-likeness (QED) is 0.783. The van der Waals surface area contributed by atoms with Gasteiger partial charge in [0.1, 0.15) is 0 Å². The number of nitrogens with zero attached hydrogens (tertiary/aromatic N) is 1. The molecule has 1 aromatic carbocycles. The Hall–Kier alpha value is -0.500. The summed E-state index contributed by atoms with van der Waals surface area (Å²) in [6.45, 7) is 9.39. The molecule has 15 heavy (non-hydrogen) atoms. The smallest absolute Gasteiger partial charge is 0.0540 e. The Morgan fingerprint density at radius 1 is 1.20 bits per heavy atom. The normalized spacial score (nSPS) is 9.20. The maximum absolute atomic E-state index is 3.59. The zero-order valence-electron chi connectivity index (χ0n) is 10.5. The predicted octanol–water partition coefficient (Wildman–Crippen LogP) is 4.49. The highest BCUT2D eigenvalue weighted by atomic mass is 79.9. The zero-order valence-corrected chi connectivity index (χ0v) is 12.1. The van der Waals surface area contributed by atoms with Crippen LogP contribution in [0.3, 0.4) is 0 Å². The number of anilines is 1. The Morgan fingerprint density at radius 2 is 1.80 bits per heavy atom. The van der Waals surface area contributed by atoms with Crippen LogP contribution in [0.15, 0.2) is 22.7 Å². The highest BCUT2D eigenvalue weighted by molar-refractivity contribution is 9.10. The largest absolute Gasteiger partial charge is 0.374 e. The van der Waals surface area contributed by atoms with Gasteiger partial charge in [-0.05, 0) is 40.9 Å². The minimum Gasteiger partial charge on any atom is -0.374 e. The molecular weight excluding hydrogens is 250 g/mol. The Bertz CT molecular complexity index is 284. The van der Waals surface area contributed by atoms with Gasteiger partial charge in [-0.3, -0.25) is 0 Å². The van der Waals surface area contributed by atoms with Gasteiger partial charge in [0.2, 0.25) is 0 Å². The first-order chi connectivity index (χ1) is 7.20. The highest BCUT2D eigenvalue weighted by Gasteiger charge is 2.07. The van der Waals surface area contributed by atoms with Gasteiger partial charge in [-0.1, -0.05) is 32.9 Å². The molecule has 2 heteroatoms. The first-order valence-corrected chi connectivity index (χ1v) is 6.48. The zero-order chi connectivity index (χ0) is 11.8. The van der Waals surface area contributed by atoms with E-state index < -0.39 is 0 Å². The second kappa shape index (κ2) is 7.75. The topological polar surface area (TPSA) is 3.24 Å². The lowest BCUT2D eigenvalue weighted by Gasteiger charge is -2.21. The molecule has 0 aliphatic heterocycles. The molecule has 0 spiro atoms. The van der Waals surface area contributed by atoms with Crippen LogP contribution in [0.2, 0.25) is 0 Å². The summed E-state index contributed by atoms with van der Waals surface area (Å²) < 4.78 is 1.19. The van der Waals surface area contributed by atoms with E-state index in [2.05, 4.69) is 59.9 Å². The van der Waals surface area contributed by atoms with Crippen LogP contribution >= 0.6 is 15.9 Å². The van der Waals surface area contributed by atoms with E-state index in [1.807, 2.05) is 13.8 Å². The van der Waals surface area contributed by atoms with Gasteiger partial charge in [-0.15, -0.1) is 0 Å². The van der Waals surface area contributed by atoms with Crippen molar-refractivity contribution in [1.29, 1.82) is 0 Å². The highest BCUT2D eigenvalue weighted by Crippen LogP contribution is 2.29. The second-order valence-electron chi connectivity index (χ2n) is 3.12. The molecule has 1 rings (SSSR count). The van der Waals surface area contributed by atoms with Gasteiger partial charge in [0.25, 0.3) is 0 Å². The van der Waals surface area contributed by atoms with Crippen molar-refractivity contribution in [1.82, 2.24) is 0 Å². The summed E-state index contributed by atoms with van der Waals surface area (Å²) in [6.07, 6.45) is 1.08. The fourth-order valence-corrected chi connectivity index (χ4v) is 2.14. The van der Waals surface area contributed by atoms with E-state index in [-0.39, 0.29) is 0 Å². The van der Waals surface area contributed by atoms with E-state index in [1.54, 1.807) is 0 Å². The Morgan fingerprint density at radius 3 is 2.27 bits per heavy atom. The average molecular weight is 272 g/mol. The van der Waals surface area contributed by atoms with Gasteiger partial charge < -0.3 is 4.90 Å². The molecule has 0 saturated heterocycles. The standard InChI is InChI=1S/C11H16BrN.C2H6/c1-4-9-7-6-8-10(12)11(9)13(3)5-2;1-2/h6-8H,4-5H2,1-3H3;1-2H3. The molecule has 0 fully saturated rings. The third-order valence-corrected chi connectivity index (χ3v) is 2.95. The molecule has 0 radical (unpaired) electrons. The maximum atomic E-state index is 3.59. The van der Waals surface area contributed by atoms with Gasteiger partial charge in [0.15, 0.2) is 0 Å². The molecule has 86 valence electrons. The lowest BCUT2D eigenvalue weighted by Crippen LogP contribution is -2.17. The summed E-state index contributed by atoms with van der Waals surface area (Å²) in [5.74, 6) is 0. The fraction of sp³-hybridized carbons (Fsp3) is 0.538. The summed E-state index contributed by atoms with van der Waals surface area (Å²) in [5, 5.41) is 0. The van der Waals surface area contributed by atoms with Crippen molar-refractivity contribution >= 4 is 21.6 Å². The summed E-state index contributed by atoms with van der Waals surface area (Å²) in [4.78, 5) is 2.27. The molecule has 0 saturated carbocycles. The van der Waals surface area contributed by atoms with Crippen LogP contribution in [0.25, 0.3) is 0 Å². The lowest BCUT2D eigenvalue weighted by molar-refractivity contribution is 0.944. The SMILES string of the molecule is CC.CCc1cccc(Br)c1N(C)CC. The molecule has 0 N–H and O–H groups in total. The number of halogens is 1. The first kappa shape index (κ1) is 14.5. The minimum absolute atomic E-state index is 1.04. The van der Waals surface area contributed by atoms with Gasteiger partial charge >= 0.3 is 0 Å². The van der Waals surface area contributed by atoms with Crippen molar-refractivity contribution in [3.05, 3.63) is 28.2 Å². The second-order valence-corrected chi connectivity index (χ2v) is 3.97. The molecule has 0 bridgehead atoms. The van der Waals surface area contributed by atoms with Crippen LogP contribution in [-0.4, -0.2) is 13.6 Å². The van der Waals surface area contributed by atoms with Crippen LogP contribution < -0.4 is 4.90 Å². The maximum Gasteiger partial charge on any atom is 0.0540 e. The van der Waals surface area contributed by atoms with Crippen LogP contribution in [0.1, 0.15) is 33.3 Å². The molecule has 0 aliphatic carbocycles. The summed E-state index contributed by atoms with van der Waals surface area (Å²) >= 11 is 3.59. The molecule has 0 atom stereocenters. The van der Waals surface area contributed by atoms with Crippen LogP contribution in [0.4, 0.5) is 5.69 Å². The first-order valence-electron chi connectivity index (χ1n) is 5.69. The van der Waals surface area contributed by atoms with Crippen molar-refractivity contribution in [2.75, 3.05) is 18.5 Å². The number of aryl methyl sites for hydroxylation is 1. The van der Waals surface area contributed by atoms with Crippen LogP contribution in [0.5, 0.6) is 0 Å². The van der Waals surface area contributed by atoms with E-state index in [0.717, 1.165) is 13.0 Å². The predicted molar refractivity (Wildman–Crippen MR) is 73.8 cm³/mol. The Balaban J connectivity index is 0.000000921. The summed E-state index contributed by atoms with van der Waals surface area (Å²) in [6, 6.07) is 6.38.